The smallest absolute Gasteiger partial charge is 0.173 e. The molecule has 20 heavy (non-hydrogen) atoms. The molecule has 0 unspecified atom stereocenters. The van der Waals surface area contributed by atoms with Crippen LogP contribution in [0, 0.1) is 13.8 Å². The van der Waals surface area contributed by atoms with E-state index in [1.54, 1.807) is 23.5 Å². The summed E-state index contributed by atoms with van der Waals surface area (Å²) in [5.41, 5.74) is 3.35. The highest BCUT2D eigenvalue weighted by atomic mass is 32.2. The Balaban J connectivity index is 1.98. The van der Waals surface area contributed by atoms with Gasteiger partial charge < -0.3 is 0 Å². The van der Waals surface area contributed by atoms with Gasteiger partial charge in [-0.1, -0.05) is 18.2 Å². The van der Waals surface area contributed by atoms with Gasteiger partial charge in [-0.3, -0.25) is 4.79 Å². The Hall–Kier alpha value is -1.19. The highest BCUT2D eigenvalue weighted by Crippen LogP contribution is 2.22. The molecule has 0 atom stereocenters. The van der Waals surface area contributed by atoms with Crippen molar-refractivity contribution in [3.63, 3.8) is 0 Å². The Labute approximate surface area is 129 Å². The highest BCUT2D eigenvalue weighted by molar-refractivity contribution is 8.00. The van der Waals surface area contributed by atoms with Crippen LogP contribution in [-0.4, -0.2) is 17.8 Å². The lowest BCUT2D eigenvalue weighted by Gasteiger charge is -2.05. The lowest BCUT2D eigenvalue weighted by molar-refractivity contribution is 0.102. The fourth-order valence-corrected chi connectivity index (χ4v) is 3.11. The predicted octanol–water partition coefficient (Wildman–Crippen LogP) is 5.00. The summed E-state index contributed by atoms with van der Waals surface area (Å²) in [5.74, 6) is 0.669. The SMILES string of the molecule is CSc1ccc(C(=O)CSc2ccc(C)c(C)c2)cc1. The van der Waals surface area contributed by atoms with Gasteiger partial charge in [-0.25, -0.2) is 0 Å². The van der Waals surface area contributed by atoms with Crippen LogP contribution in [0.25, 0.3) is 0 Å². The van der Waals surface area contributed by atoms with Gasteiger partial charge in [0.05, 0.1) is 5.75 Å². The molecule has 2 rings (SSSR count). The van der Waals surface area contributed by atoms with Crippen LogP contribution in [0.3, 0.4) is 0 Å². The van der Waals surface area contributed by atoms with Crippen LogP contribution in [-0.2, 0) is 0 Å². The Kier molecular flexibility index (Phi) is 5.32. The number of carbonyl (C=O) groups is 1. The third-order valence-electron chi connectivity index (χ3n) is 3.26. The topological polar surface area (TPSA) is 17.1 Å². The first-order valence-electron chi connectivity index (χ1n) is 6.47. The average Bonchev–Trinajstić information content (AvgIpc) is 2.48. The molecule has 0 aliphatic carbocycles. The molecule has 0 amide bonds. The van der Waals surface area contributed by atoms with Crippen LogP contribution in [0.4, 0.5) is 0 Å². The molecule has 104 valence electrons. The number of Topliss-reactive ketones (excluding diaryl/α,β-unsaturated/α-hetero) is 1. The van der Waals surface area contributed by atoms with Crippen LogP contribution in [0.15, 0.2) is 52.3 Å². The second-order valence-electron chi connectivity index (χ2n) is 4.69. The number of hydrogen-bond acceptors (Lipinski definition) is 3. The van der Waals surface area contributed by atoms with E-state index in [2.05, 4.69) is 32.0 Å². The van der Waals surface area contributed by atoms with E-state index >= 15 is 0 Å². The molecule has 0 spiro atoms. The normalized spacial score (nSPS) is 10.6. The zero-order valence-corrected chi connectivity index (χ0v) is 13.6. The van der Waals surface area contributed by atoms with Crippen LogP contribution >= 0.6 is 23.5 Å². The molecule has 0 radical (unpaired) electrons. The first-order chi connectivity index (χ1) is 9.60. The summed E-state index contributed by atoms with van der Waals surface area (Å²) in [6.45, 7) is 4.20. The standard InChI is InChI=1S/C17H18OS2/c1-12-4-7-16(10-13(12)2)20-11-17(18)14-5-8-15(19-3)9-6-14/h4-10H,11H2,1-3H3. The van der Waals surface area contributed by atoms with Gasteiger partial charge in [0, 0.05) is 15.4 Å². The molecule has 0 saturated heterocycles. The second-order valence-corrected chi connectivity index (χ2v) is 6.61. The lowest BCUT2D eigenvalue weighted by Crippen LogP contribution is -2.02. The monoisotopic (exact) mass is 302 g/mol. The molecular weight excluding hydrogens is 284 g/mol. The molecule has 0 N–H and O–H groups in total. The van der Waals surface area contributed by atoms with Gasteiger partial charge in [0.15, 0.2) is 5.78 Å². The first kappa shape index (κ1) is 15.2. The van der Waals surface area contributed by atoms with Crippen molar-refractivity contribution in [3.8, 4) is 0 Å². The van der Waals surface area contributed by atoms with E-state index in [0.717, 1.165) is 10.5 Å². The lowest BCUT2D eigenvalue weighted by atomic mass is 10.1. The molecule has 0 heterocycles. The summed E-state index contributed by atoms with van der Waals surface area (Å²) < 4.78 is 0. The van der Waals surface area contributed by atoms with Gasteiger partial charge in [0.25, 0.3) is 0 Å². The molecular formula is C17H18OS2. The summed E-state index contributed by atoms with van der Waals surface area (Å²) in [6.07, 6.45) is 2.03. The van der Waals surface area contributed by atoms with E-state index in [0.29, 0.717) is 5.75 Å². The zero-order valence-electron chi connectivity index (χ0n) is 12.0. The van der Waals surface area contributed by atoms with E-state index in [-0.39, 0.29) is 5.78 Å². The minimum absolute atomic E-state index is 0.181. The Morgan fingerprint density at radius 1 is 0.950 bits per heavy atom. The molecule has 1 nitrogen and oxygen atoms in total. The molecule has 0 fully saturated rings. The Morgan fingerprint density at radius 2 is 1.60 bits per heavy atom. The van der Waals surface area contributed by atoms with E-state index < -0.39 is 0 Å². The van der Waals surface area contributed by atoms with E-state index in [9.17, 15) is 4.79 Å². The number of ketones is 1. The second kappa shape index (κ2) is 7.00. The minimum atomic E-state index is 0.181. The third-order valence-corrected chi connectivity index (χ3v) is 5.00. The van der Waals surface area contributed by atoms with Gasteiger partial charge in [-0.05, 0) is 55.5 Å². The fraction of sp³-hybridized carbons (Fsp3) is 0.235. The summed E-state index contributed by atoms with van der Waals surface area (Å²) in [5, 5.41) is 0. The van der Waals surface area contributed by atoms with Crippen molar-refractivity contribution in [1.82, 2.24) is 0 Å². The van der Waals surface area contributed by atoms with Crippen LogP contribution in [0.5, 0.6) is 0 Å². The Morgan fingerprint density at radius 3 is 2.20 bits per heavy atom. The van der Waals surface area contributed by atoms with Crippen LogP contribution in [0.1, 0.15) is 21.5 Å². The summed E-state index contributed by atoms with van der Waals surface area (Å²) in [4.78, 5) is 14.5. The molecule has 0 bridgehead atoms. The quantitative estimate of drug-likeness (QED) is 0.571. The number of rotatable bonds is 5. The largest absolute Gasteiger partial charge is 0.293 e. The average molecular weight is 302 g/mol. The van der Waals surface area contributed by atoms with Gasteiger partial charge in [-0.15, -0.1) is 23.5 Å². The maximum atomic E-state index is 12.1. The minimum Gasteiger partial charge on any atom is -0.293 e. The van der Waals surface area contributed by atoms with Crippen LogP contribution < -0.4 is 0 Å². The molecule has 0 aromatic heterocycles. The highest BCUT2D eigenvalue weighted by Gasteiger charge is 2.07. The summed E-state index contributed by atoms with van der Waals surface area (Å²) >= 11 is 3.29. The van der Waals surface area contributed by atoms with E-state index in [1.807, 2.05) is 30.5 Å². The zero-order chi connectivity index (χ0) is 14.5. The maximum Gasteiger partial charge on any atom is 0.173 e. The van der Waals surface area contributed by atoms with Gasteiger partial charge in [0.1, 0.15) is 0 Å². The number of hydrogen-bond donors (Lipinski definition) is 0. The summed E-state index contributed by atoms with van der Waals surface area (Å²) in [6, 6.07) is 14.2. The van der Waals surface area contributed by atoms with E-state index in [4.69, 9.17) is 0 Å². The van der Waals surface area contributed by atoms with Crippen molar-refractivity contribution in [2.75, 3.05) is 12.0 Å². The van der Waals surface area contributed by atoms with Crippen molar-refractivity contribution in [3.05, 3.63) is 59.2 Å². The first-order valence-corrected chi connectivity index (χ1v) is 8.68. The third kappa shape index (κ3) is 3.90. The van der Waals surface area contributed by atoms with Crippen molar-refractivity contribution >= 4 is 29.3 Å². The number of benzene rings is 2. The number of thioether (sulfide) groups is 2. The molecule has 2 aromatic rings. The van der Waals surface area contributed by atoms with Gasteiger partial charge in [-0.2, -0.15) is 0 Å². The molecule has 0 aliphatic heterocycles. The number of aryl methyl sites for hydroxylation is 2. The predicted molar refractivity (Wildman–Crippen MR) is 89.2 cm³/mol. The van der Waals surface area contributed by atoms with Crippen molar-refractivity contribution < 1.29 is 4.79 Å². The fourth-order valence-electron chi connectivity index (χ4n) is 1.81. The van der Waals surface area contributed by atoms with Gasteiger partial charge >= 0.3 is 0 Å². The molecule has 0 aliphatic rings. The van der Waals surface area contributed by atoms with E-state index in [1.165, 1.54) is 16.0 Å². The Bertz CT molecular complexity index is 603. The summed E-state index contributed by atoms with van der Waals surface area (Å²) in [7, 11) is 0. The number of carbonyl (C=O) groups excluding carboxylic acids is 1. The van der Waals surface area contributed by atoms with Gasteiger partial charge in [0.2, 0.25) is 0 Å². The van der Waals surface area contributed by atoms with Crippen molar-refractivity contribution in [2.24, 2.45) is 0 Å². The van der Waals surface area contributed by atoms with Crippen LogP contribution in [0.2, 0.25) is 0 Å². The van der Waals surface area contributed by atoms with Crippen molar-refractivity contribution in [2.45, 2.75) is 23.6 Å². The molecule has 0 saturated carbocycles. The molecule has 2 aromatic carbocycles. The van der Waals surface area contributed by atoms with Crippen molar-refractivity contribution in [1.29, 1.82) is 0 Å². The molecule has 3 heteroatoms. The maximum absolute atomic E-state index is 12.1.